The Labute approximate surface area is 124 Å². The fraction of sp³-hybridized carbons (Fsp3) is 0.438. The van der Waals surface area contributed by atoms with Crippen LogP contribution in [0, 0.1) is 18.8 Å². The summed E-state index contributed by atoms with van der Waals surface area (Å²) in [6, 6.07) is 5.07. The van der Waals surface area contributed by atoms with E-state index in [-0.39, 0.29) is 25.2 Å². The first-order valence-electron chi connectivity index (χ1n) is 6.87. The van der Waals surface area contributed by atoms with E-state index in [0.29, 0.717) is 30.9 Å². The standard InChI is InChI=1S/C16H19NO4/c1-12-4-5-13(3-2-7-18)9-15(12)16(20)17-6-8-21-11-14(17)10-19/h4-5,9,14,18-19H,6-8,10-11H2,1H3. The maximum atomic E-state index is 12.7. The Morgan fingerprint density at radius 2 is 2.29 bits per heavy atom. The summed E-state index contributed by atoms with van der Waals surface area (Å²) in [5, 5.41) is 18.1. The second-order valence-electron chi connectivity index (χ2n) is 4.90. The van der Waals surface area contributed by atoms with Gasteiger partial charge in [-0.05, 0) is 24.6 Å². The van der Waals surface area contributed by atoms with Crippen molar-refractivity contribution in [2.45, 2.75) is 13.0 Å². The Bertz CT molecular complexity index is 573. The molecule has 112 valence electrons. The summed E-state index contributed by atoms with van der Waals surface area (Å²) in [5.74, 6) is 5.25. The molecule has 1 heterocycles. The number of aryl methyl sites for hydroxylation is 1. The predicted octanol–water partition coefficient (Wildman–Crippen LogP) is 0.172. The molecule has 2 N–H and O–H groups in total. The molecule has 0 aliphatic carbocycles. The number of morpholine rings is 1. The van der Waals surface area contributed by atoms with Crippen LogP contribution >= 0.6 is 0 Å². The van der Waals surface area contributed by atoms with Crippen molar-refractivity contribution < 1.29 is 19.7 Å². The van der Waals surface area contributed by atoms with Crippen molar-refractivity contribution in [2.24, 2.45) is 0 Å². The molecule has 1 aromatic rings. The number of carbonyl (C=O) groups excluding carboxylic acids is 1. The molecule has 21 heavy (non-hydrogen) atoms. The van der Waals surface area contributed by atoms with E-state index >= 15 is 0 Å². The molecule has 5 nitrogen and oxygen atoms in total. The van der Waals surface area contributed by atoms with Crippen molar-refractivity contribution in [3.63, 3.8) is 0 Å². The number of nitrogens with zero attached hydrogens (tertiary/aromatic N) is 1. The molecule has 0 spiro atoms. The SMILES string of the molecule is Cc1ccc(C#CCO)cc1C(=O)N1CCOCC1CO. The molecule has 2 rings (SSSR count). The van der Waals surface area contributed by atoms with Gasteiger partial charge in [-0.3, -0.25) is 4.79 Å². The van der Waals surface area contributed by atoms with E-state index < -0.39 is 0 Å². The highest BCUT2D eigenvalue weighted by molar-refractivity contribution is 5.96. The van der Waals surface area contributed by atoms with Crippen LogP contribution in [-0.4, -0.2) is 60.0 Å². The number of hydrogen-bond acceptors (Lipinski definition) is 4. The van der Waals surface area contributed by atoms with Gasteiger partial charge in [-0.25, -0.2) is 0 Å². The van der Waals surface area contributed by atoms with Crippen LogP contribution in [0.2, 0.25) is 0 Å². The Kier molecular flexibility index (Phi) is 5.34. The lowest BCUT2D eigenvalue weighted by Gasteiger charge is -2.34. The number of aliphatic hydroxyl groups excluding tert-OH is 2. The van der Waals surface area contributed by atoms with Gasteiger partial charge in [0.2, 0.25) is 0 Å². The Morgan fingerprint density at radius 3 is 3.00 bits per heavy atom. The van der Waals surface area contributed by atoms with Crippen LogP contribution in [-0.2, 0) is 4.74 Å². The van der Waals surface area contributed by atoms with Gasteiger partial charge in [-0.1, -0.05) is 17.9 Å². The van der Waals surface area contributed by atoms with Crippen molar-refractivity contribution >= 4 is 5.91 Å². The fourth-order valence-corrected chi connectivity index (χ4v) is 2.30. The topological polar surface area (TPSA) is 70.0 Å². The maximum absolute atomic E-state index is 12.7. The number of rotatable bonds is 2. The second-order valence-corrected chi connectivity index (χ2v) is 4.90. The lowest BCUT2D eigenvalue weighted by atomic mass is 10.0. The Balaban J connectivity index is 2.29. The molecule has 1 saturated heterocycles. The normalized spacial score (nSPS) is 18.0. The minimum atomic E-state index is -0.308. The molecule has 1 aliphatic heterocycles. The van der Waals surface area contributed by atoms with Crippen LogP contribution in [0.25, 0.3) is 0 Å². The largest absolute Gasteiger partial charge is 0.394 e. The van der Waals surface area contributed by atoms with Gasteiger partial charge in [-0.15, -0.1) is 0 Å². The van der Waals surface area contributed by atoms with Crippen molar-refractivity contribution in [3.8, 4) is 11.8 Å². The van der Waals surface area contributed by atoms with Gasteiger partial charge in [0.1, 0.15) is 6.61 Å². The molecule has 5 heteroatoms. The van der Waals surface area contributed by atoms with E-state index in [9.17, 15) is 9.90 Å². The maximum Gasteiger partial charge on any atom is 0.254 e. The van der Waals surface area contributed by atoms with Gasteiger partial charge >= 0.3 is 0 Å². The Hall–Kier alpha value is -1.87. The van der Waals surface area contributed by atoms with Crippen LogP contribution < -0.4 is 0 Å². The molecule has 0 saturated carbocycles. The third-order valence-electron chi connectivity index (χ3n) is 3.48. The van der Waals surface area contributed by atoms with E-state index in [0.717, 1.165) is 5.56 Å². The van der Waals surface area contributed by atoms with Crippen molar-refractivity contribution in [3.05, 3.63) is 34.9 Å². The summed E-state index contributed by atoms with van der Waals surface area (Å²) >= 11 is 0. The average molecular weight is 289 g/mol. The van der Waals surface area contributed by atoms with Crippen LogP contribution in [0.15, 0.2) is 18.2 Å². The number of benzene rings is 1. The number of carbonyl (C=O) groups is 1. The quantitative estimate of drug-likeness (QED) is 0.762. The van der Waals surface area contributed by atoms with Crippen LogP contribution in [0.3, 0.4) is 0 Å². The fourth-order valence-electron chi connectivity index (χ4n) is 2.30. The first-order valence-corrected chi connectivity index (χ1v) is 6.87. The minimum absolute atomic E-state index is 0.116. The van der Waals surface area contributed by atoms with E-state index in [2.05, 4.69) is 11.8 Å². The molecular weight excluding hydrogens is 270 g/mol. The molecule has 1 fully saturated rings. The van der Waals surface area contributed by atoms with Crippen molar-refractivity contribution in [1.29, 1.82) is 0 Å². The molecule has 1 aliphatic rings. The van der Waals surface area contributed by atoms with Gasteiger partial charge in [0.05, 0.1) is 25.9 Å². The average Bonchev–Trinajstić information content (AvgIpc) is 2.53. The zero-order chi connectivity index (χ0) is 15.2. The summed E-state index contributed by atoms with van der Waals surface area (Å²) in [6.45, 7) is 2.83. The second kappa shape index (κ2) is 7.23. The zero-order valence-electron chi connectivity index (χ0n) is 12.0. The van der Waals surface area contributed by atoms with Gasteiger partial charge < -0.3 is 19.8 Å². The summed E-state index contributed by atoms with van der Waals surface area (Å²) < 4.78 is 5.29. The molecule has 0 aromatic heterocycles. The predicted molar refractivity (Wildman–Crippen MR) is 77.9 cm³/mol. The smallest absolute Gasteiger partial charge is 0.254 e. The van der Waals surface area contributed by atoms with E-state index in [1.807, 2.05) is 19.1 Å². The van der Waals surface area contributed by atoms with Crippen LogP contribution in [0.4, 0.5) is 0 Å². The first-order chi connectivity index (χ1) is 10.2. The number of aliphatic hydroxyl groups is 2. The lowest BCUT2D eigenvalue weighted by Crippen LogP contribution is -2.50. The van der Waals surface area contributed by atoms with Crippen LogP contribution in [0.1, 0.15) is 21.5 Å². The van der Waals surface area contributed by atoms with E-state index in [4.69, 9.17) is 9.84 Å². The molecule has 1 unspecified atom stereocenters. The number of hydrogen-bond donors (Lipinski definition) is 2. The highest BCUT2D eigenvalue weighted by atomic mass is 16.5. The number of ether oxygens (including phenoxy) is 1. The van der Waals surface area contributed by atoms with E-state index in [1.165, 1.54) is 0 Å². The first kappa shape index (κ1) is 15.5. The monoisotopic (exact) mass is 289 g/mol. The molecule has 1 aromatic carbocycles. The highest BCUT2D eigenvalue weighted by Crippen LogP contribution is 2.17. The van der Waals surface area contributed by atoms with Gasteiger partial charge in [0.25, 0.3) is 5.91 Å². The molecule has 1 atom stereocenters. The summed E-state index contributed by atoms with van der Waals surface area (Å²) in [6.07, 6.45) is 0. The third kappa shape index (κ3) is 3.61. The van der Waals surface area contributed by atoms with Gasteiger partial charge in [-0.2, -0.15) is 0 Å². The van der Waals surface area contributed by atoms with Crippen LogP contribution in [0.5, 0.6) is 0 Å². The summed E-state index contributed by atoms with van der Waals surface area (Å²) in [7, 11) is 0. The summed E-state index contributed by atoms with van der Waals surface area (Å²) in [4.78, 5) is 14.3. The molecular formula is C16H19NO4. The lowest BCUT2D eigenvalue weighted by molar-refractivity contribution is -0.0184. The van der Waals surface area contributed by atoms with E-state index in [1.54, 1.807) is 11.0 Å². The minimum Gasteiger partial charge on any atom is -0.394 e. The van der Waals surface area contributed by atoms with Gasteiger partial charge in [0.15, 0.2) is 0 Å². The Morgan fingerprint density at radius 1 is 1.48 bits per heavy atom. The molecule has 0 radical (unpaired) electrons. The highest BCUT2D eigenvalue weighted by Gasteiger charge is 2.28. The zero-order valence-corrected chi connectivity index (χ0v) is 12.0. The number of amides is 1. The van der Waals surface area contributed by atoms with Crippen molar-refractivity contribution in [1.82, 2.24) is 4.90 Å². The van der Waals surface area contributed by atoms with Gasteiger partial charge in [0, 0.05) is 17.7 Å². The third-order valence-corrected chi connectivity index (χ3v) is 3.48. The van der Waals surface area contributed by atoms with Crippen molar-refractivity contribution in [2.75, 3.05) is 33.0 Å². The summed E-state index contributed by atoms with van der Waals surface area (Å²) in [5.41, 5.74) is 2.12. The molecule has 0 bridgehead atoms. The molecule has 1 amide bonds.